The van der Waals surface area contributed by atoms with Crippen molar-refractivity contribution in [2.24, 2.45) is 0 Å². The largest absolute Gasteiger partial charge is 0.468 e. The monoisotopic (exact) mass is 509 g/mol. The van der Waals surface area contributed by atoms with E-state index in [0.29, 0.717) is 11.3 Å². The summed E-state index contributed by atoms with van der Waals surface area (Å²) in [5.74, 6) is -1.04. The van der Waals surface area contributed by atoms with Gasteiger partial charge in [-0.15, -0.1) is 11.3 Å². The highest BCUT2D eigenvalue weighted by Gasteiger charge is 2.27. The van der Waals surface area contributed by atoms with Crippen molar-refractivity contribution in [2.75, 3.05) is 25.8 Å². The van der Waals surface area contributed by atoms with Crippen molar-refractivity contribution < 1.29 is 33.3 Å². The van der Waals surface area contributed by atoms with E-state index in [1.54, 1.807) is 44.2 Å². The first-order valence-corrected chi connectivity index (χ1v) is 12.0. The average molecular weight is 510 g/mol. The quantitative estimate of drug-likeness (QED) is 0.215. The van der Waals surface area contributed by atoms with Crippen LogP contribution in [0.25, 0.3) is 6.08 Å². The van der Waals surface area contributed by atoms with Crippen molar-refractivity contribution in [3.8, 4) is 5.75 Å². The second kappa shape index (κ2) is 13.2. The first-order chi connectivity index (χ1) is 17.4. The zero-order valence-corrected chi connectivity index (χ0v) is 21.1. The summed E-state index contributed by atoms with van der Waals surface area (Å²) < 4.78 is 20.8. The maximum Gasteiger partial charge on any atom is 0.349 e. The third-order valence-electron chi connectivity index (χ3n) is 4.91. The molecule has 36 heavy (non-hydrogen) atoms. The van der Waals surface area contributed by atoms with Gasteiger partial charge in [0.15, 0.2) is 6.79 Å². The van der Waals surface area contributed by atoms with E-state index in [0.717, 1.165) is 22.5 Å². The van der Waals surface area contributed by atoms with Gasteiger partial charge >= 0.3 is 11.9 Å². The van der Waals surface area contributed by atoms with Gasteiger partial charge in [-0.1, -0.05) is 42.5 Å². The first kappa shape index (κ1) is 26.7. The van der Waals surface area contributed by atoms with E-state index in [4.69, 9.17) is 18.9 Å². The molecule has 1 aromatic heterocycles. The highest BCUT2D eigenvalue weighted by Crippen LogP contribution is 2.34. The lowest BCUT2D eigenvalue weighted by molar-refractivity contribution is -0.111. The van der Waals surface area contributed by atoms with Crippen molar-refractivity contribution in [3.05, 3.63) is 87.8 Å². The Labute approximate surface area is 213 Å². The smallest absolute Gasteiger partial charge is 0.349 e. The molecular formula is C27H27NO7S. The van der Waals surface area contributed by atoms with Crippen LogP contribution in [0.1, 0.15) is 43.6 Å². The molecule has 0 aliphatic heterocycles. The van der Waals surface area contributed by atoms with Gasteiger partial charge in [0.25, 0.3) is 0 Å². The second-order valence-electron chi connectivity index (χ2n) is 7.48. The Morgan fingerprint density at radius 1 is 0.972 bits per heavy atom. The molecule has 0 fully saturated rings. The number of hydrogen-bond donors (Lipinski definition) is 1. The molecule has 0 atom stereocenters. The van der Waals surface area contributed by atoms with Crippen molar-refractivity contribution >= 4 is 40.3 Å². The topological polar surface area (TPSA) is 100 Å². The Balaban J connectivity index is 1.74. The molecule has 1 N–H and O–H groups in total. The summed E-state index contributed by atoms with van der Waals surface area (Å²) in [6, 6.07) is 16.3. The number of esters is 2. The van der Waals surface area contributed by atoms with E-state index in [1.165, 1.54) is 13.2 Å². The number of nitrogens with one attached hydrogen (secondary N) is 1. The van der Waals surface area contributed by atoms with E-state index in [9.17, 15) is 14.4 Å². The lowest BCUT2D eigenvalue weighted by atomic mass is 10.1. The second-order valence-corrected chi connectivity index (χ2v) is 8.51. The fourth-order valence-electron chi connectivity index (χ4n) is 3.16. The number of rotatable bonds is 11. The van der Waals surface area contributed by atoms with Gasteiger partial charge in [0, 0.05) is 13.2 Å². The van der Waals surface area contributed by atoms with E-state index in [2.05, 4.69) is 5.32 Å². The molecule has 0 spiro atoms. The summed E-state index contributed by atoms with van der Waals surface area (Å²) in [5, 5.41) is 2.91. The average Bonchev–Trinajstić information content (AvgIpc) is 3.21. The Hall–Kier alpha value is -3.95. The summed E-state index contributed by atoms with van der Waals surface area (Å²) in [7, 11) is 1.54. The molecule has 0 saturated heterocycles. The third kappa shape index (κ3) is 7.27. The van der Waals surface area contributed by atoms with E-state index in [1.807, 2.05) is 30.3 Å². The molecule has 0 unspecified atom stereocenters. The zero-order chi connectivity index (χ0) is 25.9. The van der Waals surface area contributed by atoms with Gasteiger partial charge in [-0.3, -0.25) is 4.79 Å². The number of hydrogen-bond acceptors (Lipinski definition) is 8. The normalized spacial score (nSPS) is 10.8. The van der Waals surface area contributed by atoms with Gasteiger partial charge in [-0.25, -0.2) is 9.59 Å². The van der Waals surface area contributed by atoms with Crippen LogP contribution in [0, 0.1) is 6.92 Å². The number of thiophene rings is 1. The number of methoxy groups -OCH3 is 1. The molecule has 0 aliphatic rings. The fraction of sp³-hybridized carbons (Fsp3) is 0.222. The van der Waals surface area contributed by atoms with Gasteiger partial charge < -0.3 is 24.3 Å². The third-order valence-corrected chi connectivity index (χ3v) is 6.10. The van der Waals surface area contributed by atoms with Crippen molar-refractivity contribution in [1.29, 1.82) is 0 Å². The maximum atomic E-state index is 12.8. The number of amides is 1. The van der Waals surface area contributed by atoms with Crippen LogP contribution >= 0.6 is 11.3 Å². The van der Waals surface area contributed by atoms with Crippen LogP contribution in [0.3, 0.4) is 0 Å². The molecule has 0 aliphatic carbocycles. The van der Waals surface area contributed by atoms with E-state index >= 15 is 0 Å². The molecule has 2 aromatic carbocycles. The van der Waals surface area contributed by atoms with Crippen molar-refractivity contribution in [2.45, 2.75) is 20.5 Å². The molecule has 0 radical (unpaired) electrons. The Kier molecular flexibility index (Phi) is 9.79. The van der Waals surface area contributed by atoms with Crippen LogP contribution in [0.2, 0.25) is 0 Å². The SMILES string of the molecule is CCOC(=O)c1c(NC(=O)/C=C/c2ccc(OCOC)cc2)sc(C(=O)OCc2ccccc2)c1C. The minimum absolute atomic E-state index is 0.0888. The van der Waals surface area contributed by atoms with Gasteiger partial charge in [-0.2, -0.15) is 0 Å². The molecule has 0 bridgehead atoms. The minimum atomic E-state index is -0.626. The number of anilines is 1. The molecule has 9 heteroatoms. The van der Waals surface area contributed by atoms with E-state index in [-0.39, 0.29) is 35.4 Å². The lowest BCUT2D eigenvalue weighted by Crippen LogP contribution is -2.13. The molecule has 1 amide bonds. The highest BCUT2D eigenvalue weighted by molar-refractivity contribution is 7.18. The van der Waals surface area contributed by atoms with Crippen molar-refractivity contribution in [1.82, 2.24) is 0 Å². The van der Waals surface area contributed by atoms with Gasteiger partial charge in [0.05, 0.1) is 12.2 Å². The molecule has 3 aromatic rings. The molecule has 3 rings (SSSR count). The molecule has 1 heterocycles. The Morgan fingerprint density at radius 3 is 2.36 bits per heavy atom. The summed E-state index contributed by atoms with van der Waals surface area (Å²) in [4.78, 5) is 38.2. The predicted molar refractivity (Wildman–Crippen MR) is 137 cm³/mol. The molecule has 0 saturated carbocycles. The highest BCUT2D eigenvalue weighted by atomic mass is 32.1. The minimum Gasteiger partial charge on any atom is -0.468 e. The number of carbonyl (C=O) groups is 3. The van der Waals surface area contributed by atoms with Crippen LogP contribution in [0.15, 0.2) is 60.7 Å². The maximum absolute atomic E-state index is 12.8. The van der Waals surface area contributed by atoms with Gasteiger partial charge in [0.2, 0.25) is 5.91 Å². The predicted octanol–water partition coefficient (Wildman–Crippen LogP) is 5.22. The summed E-state index contributed by atoms with van der Waals surface area (Å²) in [5.41, 5.74) is 2.13. The van der Waals surface area contributed by atoms with Crippen LogP contribution in [0.5, 0.6) is 5.75 Å². The summed E-state index contributed by atoms with van der Waals surface area (Å²) >= 11 is 0.974. The molecule has 8 nitrogen and oxygen atoms in total. The number of carbonyl (C=O) groups excluding carboxylic acids is 3. The number of ether oxygens (including phenoxy) is 4. The zero-order valence-electron chi connectivity index (χ0n) is 20.2. The first-order valence-electron chi connectivity index (χ1n) is 11.1. The summed E-state index contributed by atoms with van der Waals surface area (Å²) in [6.07, 6.45) is 2.96. The van der Waals surface area contributed by atoms with Crippen LogP contribution in [-0.4, -0.2) is 38.4 Å². The Morgan fingerprint density at radius 2 is 1.69 bits per heavy atom. The fourth-order valence-corrected chi connectivity index (χ4v) is 4.25. The Bertz CT molecular complexity index is 1220. The van der Waals surface area contributed by atoms with Crippen molar-refractivity contribution in [3.63, 3.8) is 0 Å². The van der Waals surface area contributed by atoms with Gasteiger partial charge in [0.1, 0.15) is 22.2 Å². The standard InChI is InChI=1S/C27H27NO7S/c1-4-33-26(30)23-18(2)24(27(31)34-16-20-8-6-5-7-9-20)36-25(23)28-22(29)15-12-19-10-13-21(14-11-19)35-17-32-3/h5-15H,4,16-17H2,1-3H3,(H,28,29)/b15-12+. The van der Waals surface area contributed by atoms with Gasteiger partial charge in [-0.05, 0) is 48.7 Å². The molecular weight excluding hydrogens is 482 g/mol. The van der Waals surface area contributed by atoms with Crippen LogP contribution in [-0.2, 0) is 25.6 Å². The summed E-state index contributed by atoms with van der Waals surface area (Å²) in [6.45, 7) is 3.69. The lowest BCUT2D eigenvalue weighted by Gasteiger charge is -2.06. The van der Waals surface area contributed by atoms with Crippen LogP contribution in [0.4, 0.5) is 5.00 Å². The van der Waals surface area contributed by atoms with E-state index < -0.39 is 17.8 Å². The number of benzene rings is 2. The van der Waals surface area contributed by atoms with Crippen LogP contribution < -0.4 is 10.1 Å². The molecule has 188 valence electrons.